The molecule has 162 valence electrons. The molecule has 1 N–H and O–H groups in total. The summed E-state index contributed by atoms with van der Waals surface area (Å²) >= 11 is 0. The molecule has 33 heavy (non-hydrogen) atoms. The Morgan fingerprint density at radius 1 is 1.03 bits per heavy atom. The second kappa shape index (κ2) is 19.1. The summed E-state index contributed by atoms with van der Waals surface area (Å²) in [4.78, 5) is 11.9. The maximum Gasteiger partial charge on any atom is 1.00 e. The van der Waals surface area contributed by atoms with E-state index in [2.05, 4.69) is 59.4 Å². The van der Waals surface area contributed by atoms with Crippen LogP contribution in [0.4, 0.5) is 0 Å². The Hall–Kier alpha value is 0.879. The molecule has 0 aliphatic rings. The fourth-order valence-corrected chi connectivity index (χ4v) is 7.12. The fourth-order valence-electron chi connectivity index (χ4n) is 4.71. The predicted octanol–water partition coefficient (Wildman–Crippen LogP) is -5.79. The third-order valence-corrected chi connectivity index (χ3v) is 8.61. The first-order valence-corrected chi connectivity index (χ1v) is 14.4. The van der Waals surface area contributed by atoms with Gasteiger partial charge in [-0.3, -0.25) is 0 Å². The molecule has 1 unspecified atom stereocenters. The molecule has 0 saturated carbocycles. The summed E-state index contributed by atoms with van der Waals surface area (Å²) in [6.45, 7) is 2.26. The van der Waals surface area contributed by atoms with E-state index in [1.54, 1.807) is 0 Å². The van der Waals surface area contributed by atoms with Crippen molar-refractivity contribution in [2.45, 2.75) is 64.0 Å². The summed E-state index contributed by atoms with van der Waals surface area (Å²) in [5, 5.41) is 9.55. The maximum atomic E-state index is 11.9. The molecule has 2 radical (unpaired) electrons. The smallest absolute Gasteiger partial charge is 1.00 e. The first-order chi connectivity index (χ1) is 15.2. The largest absolute Gasteiger partial charge is 1.00 e. The Morgan fingerprint density at radius 3 is 2.09 bits per heavy atom. The summed E-state index contributed by atoms with van der Waals surface area (Å²) in [6.07, 6.45) is 14.2. The quantitative estimate of drug-likeness (QED) is 0.201. The monoisotopic (exact) mass is 452 g/mol. The summed E-state index contributed by atoms with van der Waals surface area (Å²) in [5.41, 5.74) is -0.353. The van der Waals surface area contributed by atoms with Crippen molar-refractivity contribution in [2.75, 3.05) is 5.75 Å². The van der Waals surface area contributed by atoms with Gasteiger partial charge in [-0.1, -0.05) is 0 Å². The molecular weight excluding hydrogens is 415 g/mol. The van der Waals surface area contributed by atoms with E-state index < -0.39 is 0 Å². The van der Waals surface area contributed by atoms with E-state index in [0.717, 1.165) is 11.5 Å². The molecule has 17 heteroatoms. The van der Waals surface area contributed by atoms with Gasteiger partial charge in [0.1, 0.15) is 0 Å². The summed E-state index contributed by atoms with van der Waals surface area (Å²) < 4.78 is 5.57. The average molecular weight is 453 g/mol. The maximum absolute atomic E-state index is 11.9. The molecule has 1 atom stereocenters. The van der Waals surface area contributed by atoms with Gasteiger partial charge in [-0.15, -0.1) is 0 Å². The van der Waals surface area contributed by atoms with Crippen molar-refractivity contribution in [3.8, 4) is 5.75 Å². The van der Waals surface area contributed by atoms with Crippen LogP contribution in [0.2, 0.25) is 0 Å². The van der Waals surface area contributed by atoms with E-state index in [1.165, 1.54) is 63.7 Å². The van der Waals surface area contributed by atoms with E-state index in [9.17, 15) is 9.90 Å². The molecule has 0 aromatic carbocycles. The van der Waals surface area contributed by atoms with E-state index in [1.807, 2.05) is 0 Å². The molecule has 0 aliphatic carbocycles. The van der Waals surface area contributed by atoms with Gasteiger partial charge in [0.05, 0.1) is 0 Å². The Morgan fingerprint density at radius 2 is 1.61 bits per heavy atom. The van der Waals surface area contributed by atoms with Gasteiger partial charge in [0, 0.05) is 0 Å². The normalized spacial score (nSPS) is 11.2. The van der Waals surface area contributed by atoms with Gasteiger partial charge in [0.15, 0.2) is 0 Å². The van der Waals surface area contributed by atoms with Gasteiger partial charge < -0.3 is 0 Å². The molecule has 1 aromatic rings. The van der Waals surface area contributed by atoms with Crippen LogP contribution in [0.5, 0.6) is 5.75 Å². The van der Waals surface area contributed by atoms with Gasteiger partial charge in [0.25, 0.3) is 0 Å². The van der Waals surface area contributed by atoms with Crippen LogP contribution in [0.25, 0.3) is 0 Å². The third kappa shape index (κ3) is 13.7. The molecule has 0 spiro atoms. The zero-order chi connectivity index (χ0) is 24.1. The number of rotatable bonds is 16. The van der Waals surface area contributed by atoms with Crippen LogP contribution in [0.1, 0.15) is 64.1 Å². The van der Waals surface area contributed by atoms with Crippen molar-refractivity contribution in [2.24, 2.45) is 0 Å². The zero-order valence-electron chi connectivity index (χ0n) is 22.6. The topological polar surface area (TPSA) is 50.4 Å². The van der Waals surface area contributed by atoms with Gasteiger partial charge in [0.2, 0.25) is 0 Å². The SMILES string of the molecule is [10BH-][10B]([10BH2])[10B]([10B]([10BH2])[10BH2])[10B]([10B]=S(CCCCCCCCCC)Cc1cc(=O)c(O)co1)[10B]([10BH2])[10BH2].[Na+]. The minimum atomic E-state index is -0.353. The van der Waals surface area contributed by atoms with Crippen LogP contribution in [0.3, 0.4) is 0 Å². The summed E-state index contributed by atoms with van der Waals surface area (Å²) in [6, 6.07) is 4.04. The number of aromatic hydroxyl groups is 1. The molecule has 1 heterocycles. The fraction of sp³-hybridized carbons (Fsp3) is 0.688. The molecule has 0 aliphatic heterocycles. The number of unbranched alkanes of at least 4 members (excludes halogenated alkanes) is 7. The molecule has 1 rings (SSSR count). The van der Waals surface area contributed by atoms with Crippen LogP contribution < -0.4 is 35.0 Å². The van der Waals surface area contributed by atoms with Gasteiger partial charge in [-0.25, -0.2) is 0 Å². The van der Waals surface area contributed by atoms with Crippen molar-refractivity contribution in [1.29, 1.82) is 0 Å². The van der Waals surface area contributed by atoms with Gasteiger partial charge in [-0.05, 0) is 0 Å². The van der Waals surface area contributed by atoms with Crippen molar-refractivity contribution in [3.63, 3.8) is 0 Å². The van der Waals surface area contributed by atoms with Crippen LogP contribution in [-0.4, -0.2) is 95.3 Å². The Labute approximate surface area is 236 Å². The first-order valence-electron chi connectivity index (χ1n) is 12.8. The van der Waals surface area contributed by atoms with Crippen molar-refractivity contribution in [1.82, 2.24) is 0 Å². The van der Waals surface area contributed by atoms with E-state index >= 15 is 0 Å². The third-order valence-electron chi connectivity index (χ3n) is 6.44. The van der Waals surface area contributed by atoms with Gasteiger partial charge >= 0.3 is 238 Å². The molecule has 0 fully saturated rings. The van der Waals surface area contributed by atoms with E-state index in [-0.39, 0.29) is 51.1 Å². The molecule has 0 saturated heterocycles. The summed E-state index contributed by atoms with van der Waals surface area (Å²) in [7, 11) is 15.9. The Balaban J connectivity index is 0.0000102. The molecule has 1 aromatic heterocycles. The number of hydrogen-bond donors (Lipinski definition) is 1. The molecule has 3 nitrogen and oxygen atoms in total. The molecule has 0 amide bonds. The van der Waals surface area contributed by atoms with Crippen molar-refractivity contribution in [3.05, 3.63) is 28.3 Å². The number of hydrogen-bond acceptors (Lipinski definition) is 3. The van der Waals surface area contributed by atoms with Crippen molar-refractivity contribution < 1.29 is 39.1 Å². The second-order valence-electron chi connectivity index (χ2n) is 10.2. The van der Waals surface area contributed by atoms with Crippen LogP contribution in [0, 0.1) is 0 Å². The van der Waals surface area contributed by atoms with Gasteiger partial charge in [-0.2, -0.15) is 0 Å². The average Bonchev–Trinajstić information content (AvgIpc) is 2.71. The minimum absolute atomic E-state index is 0. The molecular formula is C16H37B12NaO3S. The zero-order valence-corrected chi connectivity index (χ0v) is 25.4. The summed E-state index contributed by atoms with van der Waals surface area (Å²) in [5.74, 6) is 2.25. The van der Waals surface area contributed by atoms with Crippen molar-refractivity contribution >= 4 is 94.7 Å². The van der Waals surface area contributed by atoms with E-state index in [0.29, 0.717) is 37.7 Å². The standard InChI is InChI=1S/C16H37B12O3S.Na/c1-2-3-4-5-6-7-8-9-10-32(13-14-11-15(29)16(30)12-31-14)23-27(24(17)18)28(25(19)20)26(21)22;/h11-12,19,30H,2-10,13,17-18,20-22H2,1H3;/q-1;+1/i17-1,18-1,19-1,20-1,21-1,22-1,23-1,24-1,25-1,26-1,27-1,28-1;. The predicted molar refractivity (Wildman–Crippen MR) is 170 cm³/mol. The van der Waals surface area contributed by atoms with E-state index in [4.69, 9.17) is 4.42 Å². The molecule has 0 bridgehead atoms. The Bertz CT molecular complexity index is 744. The Kier molecular flexibility index (Phi) is 19.6. The minimum Gasteiger partial charge on any atom is 1.00 e. The van der Waals surface area contributed by atoms with Crippen LogP contribution >= 0.6 is 10.3 Å². The second-order valence-corrected chi connectivity index (χ2v) is 12.3. The first kappa shape index (κ1) is 33.9. The van der Waals surface area contributed by atoms with Crippen LogP contribution in [-0.2, 0) is 5.75 Å². The van der Waals surface area contributed by atoms with Crippen LogP contribution in [0.15, 0.2) is 21.5 Å².